The number of phenols is 2. The number of hydrogen-bond donors (Lipinski definition) is 2. The Labute approximate surface area is 181 Å². The van der Waals surface area contributed by atoms with Crippen LogP contribution in [0, 0.1) is 0 Å². The minimum Gasteiger partial charge on any atom is -0.508 e. The molecule has 0 spiro atoms. The lowest BCUT2D eigenvalue weighted by Gasteiger charge is -2.17. The molecule has 0 aliphatic heterocycles. The normalized spacial score (nSPS) is 13.2. The van der Waals surface area contributed by atoms with Gasteiger partial charge >= 0.3 is 0 Å². The zero-order valence-corrected chi connectivity index (χ0v) is 18.7. The van der Waals surface area contributed by atoms with Gasteiger partial charge in [-0.05, 0) is 83.0 Å². The molecular formula is C28H34O2. The van der Waals surface area contributed by atoms with Crippen molar-refractivity contribution < 1.29 is 10.2 Å². The van der Waals surface area contributed by atoms with Gasteiger partial charge in [0.2, 0.25) is 0 Å². The zero-order chi connectivity index (χ0) is 21.7. The molecule has 0 radical (unpaired) electrons. The molecule has 3 rings (SSSR count). The first-order valence-corrected chi connectivity index (χ1v) is 11.1. The van der Waals surface area contributed by atoms with E-state index in [4.69, 9.17) is 0 Å². The summed E-state index contributed by atoms with van der Waals surface area (Å²) < 4.78 is 0. The summed E-state index contributed by atoms with van der Waals surface area (Å²) in [6, 6.07) is 20.9. The second-order valence-corrected chi connectivity index (χ2v) is 8.51. The molecule has 3 aromatic rings. The first kappa shape index (κ1) is 22.0. The van der Waals surface area contributed by atoms with Gasteiger partial charge in [-0.1, -0.05) is 76.2 Å². The fourth-order valence-corrected chi connectivity index (χ4v) is 4.22. The van der Waals surface area contributed by atoms with Crippen molar-refractivity contribution in [2.45, 2.75) is 65.2 Å². The molecule has 0 bridgehead atoms. The molecule has 0 aliphatic rings. The van der Waals surface area contributed by atoms with Gasteiger partial charge in [-0.15, -0.1) is 0 Å². The molecule has 0 saturated heterocycles. The number of rotatable bonds is 8. The van der Waals surface area contributed by atoms with E-state index in [0.717, 1.165) is 36.8 Å². The standard InChI is InChI=1S/C28H34O2/c1-5-23-17-25(10-12-27(23)29)19(3)14-21-8-7-9-22(16-21)15-20(4)26-11-13-28(30)24(6-2)18-26/h7-13,16-20,29-30H,5-6,14-15H2,1-4H3. The maximum Gasteiger partial charge on any atom is 0.118 e. The van der Waals surface area contributed by atoms with Crippen LogP contribution in [-0.4, -0.2) is 10.2 Å². The molecule has 30 heavy (non-hydrogen) atoms. The zero-order valence-electron chi connectivity index (χ0n) is 18.7. The smallest absolute Gasteiger partial charge is 0.118 e. The van der Waals surface area contributed by atoms with Crippen LogP contribution < -0.4 is 0 Å². The maximum absolute atomic E-state index is 9.95. The quantitative estimate of drug-likeness (QED) is 0.429. The van der Waals surface area contributed by atoms with Gasteiger partial charge < -0.3 is 10.2 Å². The van der Waals surface area contributed by atoms with Gasteiger partial charge in [0, 0.05) is 0 Å². The lowest BCUT2D eigenvalue weighted by molar-refractivity contribution is 0.468. The molecule has 0 saturated carbocycles. The highest BCUT2D eigenvalue weighted by molar-refractivity contribution is 5.39. The van der Waals surface area contributed by atoms with Crippen LogP contribution >= 0.6 is 0 Å². The third-order valence-corrected chi connectivity index (χ3v) is 6.18. The fraction of sp³-hybridized carbons (Fsp3) is 0.357. The number of phenolic OH excluding ortho intramolecular Hbond substituents is 2. The molecule has 2 heteroatoms. The molecule has 0 amide bonds. The highest BCUT2D eigenvalue weighted by Crippen LogP contribution is 2.29. The van der Waals surface area contributed by atoms with Gasteiger partial charge in [0.1, 0.15) is 11.5 Å². The van der Waals surface area contributed by atoms with E-state index < -0.39 is 0 Å². The van der Waals surface area contributed by atoms with Crippen molar-refractivity contribution >= 4 is 0 Å². The molecule has 2 nitrogen and oxygen atoms in total. The van der Waals surface area contributed by atoms with Gasteiger partial charge in [0.25, 0.3) is 0 Å². The Morgan fingerprint density at radius 2 is 1.07 bits per heavy atom. The Kier molecular flexibility index (Phi) is 7.20. The van der Waals surface area contributed by atoms with Crippen LogP contribution in [0.15, 0.2) is 60.7 Å². The number of aryl methyl sites for hydroxylation is 2. The molecular weight excluding hydrogens is 368 g/mol. The predicted molar refractivity (Wildman–Crippen MR) is 126 cm³/mol. The molecule has 158 valence electrons. The molecule has 2 unspecified atom stereocenters. The molecule has 0 aromatic heterocycles. The van der Waals surface area contributed by atoms with Gasteiger partial charge in [-0.2, -0.15) is 0 Å². The van der Waals surface area contributed by atoms with E-state index >= 15 is 0 Å². The van der Waals surface area contributed by atoms with Gasteiger partial charge in [0.05, 0.1) is 0 Å². The topological polar surface area (TPSA) is 40.5 Å². The lowest BCUT2D eigenvalue weighted by Crippen LogP contribution is -2.02. The Hall–Kier alpha value is -2.74. The molecule has 2 N–H and O–H groups in total. The van der Waals surface area contributed by atoms with Gasteiger partial charge in [-0.3, -0.25) is 0 Å². The van der Waals surface area contributed by atoms with Crippen LogP contribution in [0.4, 0.5) is 0 Å². The third-order valence-electron chi connectivity index (χ3n) is 6.18. The molecule has 3 aromatic carbocycles. The highest BCUT2D eigenvalue weighted by Gasteiger charge is 2.12. The van der Waals surface area contributed by atoms with Crippen LogP contribution in [0.2, 0.25) is 0 Å². The van der Waals surface area contributed by atoms with Gasteiger partial charge in [-0.25, -0.2) is 0 Å². The first-order valence-electron chi connectivity index (χ1n) is 11.1. The predicted octanol–water partition coefficient (Wildman–Crippen LogP) is 6.92. The largest absolute Gasteiger partial charge is 0.508 e. The average Bonchev–Trinajstić information content (AvgIpc) is 2.74. The monoisotopic (exact) mass is 402 g/mol. The van der Waals surface area contributed by atoms with E-state index in [1.165, 1.54) is 22.3 Å². The summed E-state index contributed by atoms with van der Waals surface area (Å²) in [7, 11) is 0. The Bertz CT molecular complexity index is 913. The van der Waals surface area contributed by atoms with Crippen molar-refractivity contribution in [3.8, 4) is 11.5 Å². The summed E-state index contributed by atoms with van der Waals surface area (Å²) in [4.78, 5) is 0. The van der Waals surface area contributed by atoms with E-state index in [9.17, 15) is 10.2 Å². The molecule has 0 fully saturated rings. The van der Waals surface area contributed by atoms with Crippen LogP contribution in [0.25, 0.3) is 0 Å². The minimum absolute atomic E-state index is 0.393. The highest BCUT2D eigenvalue weighted by atomic mass is 16.3. The van der Waals surface area contributed by atoms with Crippen LogP contribution in [0.1, 0.15) is 72.9 Å². The first-order chi connectivity index (χ1) is 14.4. The average molecular weight is 403 g/mol. The van der Waals surface area contributed by atoms with Crippen LogP contribution in [0.5, 0.6) is 11.5 Å². The van der Waals surface area contributed by atoms with E-state index in [1.54, 1.807) is 0 Å². The molecule has 0 heterocycles. The third kappa shape index (κ3) is 5.24. The Morgan fingerprint density at radius 3 is 1.47 bits per heavy atom. The van der Waals surface area contributed by atoms with Crippen molar-refractivity contribution in [1.82, 2.24) is 0 Å². The fourth-order valence-electron chi connectivity index (χ4n) is 4.22. The minimum atomic E-state index is 0.393. The van der Waals surface area contributed by atoms with E-state index in [2.05, 4.69) is 64.1 Å². The Balaban J connectivity index is 1.71. The van der Waals surface area contributed by atoms with E-state index in [0.29, 0.717) is 23.3 Å². The van der Waals surface area contributed by atoms with E-state index in [1.807, 2.05) is 24.3 Å². The number of hydrogen-bond acceptors (Lipinski definition) is 2. The number of benzene rings is 3. The van der Waals surface area contributed by atoms with Crippen molar-refractivity contribution in [3.63, 3.8) is 0 Å². The van der Waals surface area contributed by atoms with Gasteiger partial charge in [0.15, 0.2) is 0 Å². The van der Waals surface area contributed by atoms with Crippen molar-refractivity contribution in [2.75, 3.05) is 0 Å². The molecule has 2 atom stereocenters. The lowest BCUT2D eigenvalue weighted by atomic mass is 9.89. The summed E-state index contributed by atoms with van der Waals surface area (Å²) in [6.07, 6.45) is 3.65. The summed E-state index contributed by atoms with van der Waals surface area (Å²) in [5.41, 5.74) is 7.28. The van der Waals surface area contributed by atoms with Crippen molar-refractivity contribution in [2.24, 2.45) is 0 Å². The van der Waals surface area contributed by atoms with E-state index in [-0.39, 0.29) is 0 Å². The van der Waals surface area contributed by atoms with Crippen LogP contribution in [0.3, 0.4) is 0 Å². The second-order valence-electron chi connectivity index (χ2n) is 8.51. The van der Waals surface area contributed by atoms with Crippen LogP contribution in [-0.2, 0) is 25.7 Å². The van der Waals surface area contributed by atoms with Crippen molar-refractivity contribution in [3.05, 3.63) is 94.0 Å². The maximum atomic E-state index is 9.95. The summed E-state index contributed by atoms with van der Waals surface area (Å²) in [5, 5.41) is 19.9. The SMILES string of the molecule is CCc1cc(C(C)Cc2cccc(CC(C)c3ccc(O)c(CC)c3)c2)ccc1O. The second kappa shape index (κ2) is 9.84. The summed E-state index contributed by atoms with van der Waals surface area (Å²) in [6.45, 7) is 8.66. The van der Waals surface area contributed by atoms with Crippen molar-refractivity contribution in [1.29, 1.82) is 0 Å². The molecule has 0 aliphatic carbocycles. The summed E-state index contributed by atoms with van der Waals surface area (Å²) in [5.74, 6) is 1.58. The summed E-state index contributed by atoms with van der Waals surface area (Å²) >= 11 is 0. The number of aromatic hydroxyl groups is 2. The Morgan fingerprint density at radius 1 is 0.633 bits per heavy atom.